The molecule has 1 aliphatic heterocycles. The number of pyridine rings is 1. The molecular weight excluding hydrogens is 226 g/mol. The molecule has 1 unspecified atom stereocenters. The Balaban J connectivity index is 2.34. The van der Waals surface area contributed by atoms with Crippen molar-refractivity contribution in [2.75, 3.05) is 17.2 Å². The zero-order chi connectivity index (χ0) is 11.7. The Bertz CT molecular complexity index is 447. The van der Waals surface area contributed by atoms with Gasteiger partial charge in [-0.2, -0.15) is 0 Å². The maximum absolute atomic E-state index is 11.8. The van der Waals surface area contributed by atoms with Crippen LogP contribution in [0.5, 0.6) is 0 Å². The summed E-state index contributed by atoms with van der Waals surface area (Å²) in [6.07, 6.45) is 3.72. The number of aromatic nitrogens is 1. The molecule has 2 N–H and O–H groups in total. The number of rotatable bonds is 2. The zero-order valence-electron chi connectivity index (χ0n) is 8.69. The first kappa shape index (κ1) is 11.0. The molecule has 16 heavy (non-hydrogen) atoms. The Hall–Kier alpha value is -1.55. The summed E-state index contributed by atoms with van der Waals surface area (Å²) < 4.78 is 0. The molecule has 1 fully saturated rings. The van der Waals surface area contributed by atoms with E-state index < -0.39 is 0 Å². The van der Waals surface area contributed by atoms with Crippen LogP contribution in [0.4, 0.5) is 11.5 Å². The molecule has 0 aliphatic carbocycles. The molecule has 1 atom stereocenters. The number of nitrogen functional groups attached to an aromatic ring is 1. The van der Waals surface area contributed by atoms with E-state index in [1.54, 1.807) is 17.0 Å². The van der Waals surface area contributed by atoms with Gasteiger partial charge in [-0.05, 0) is 6.07 Å². The predicted molar refractivity (Wildman–Crippen MR) is 64.3 cm³/mol. The van der Waals surface area contributed by atoms with E-state index in [9.17, 15) is 4.79 Å². The van der Waals surface area contributed by atoms with Crippen LogP contribution in [-0.2, 0) is 4.79 Å². The smallest absolute Gasteiger partial charge is 0.227 e. The minimum absolute atomic E-state index is 0.0284. The zero-order valence-corrected chi connectivity index (χ0v) is 9.44. The van der Waals surface area contributed by atoms with Crippen molar-refractivity contribution in [1.29, 1.82) is 0 Å². The van der Waals surface area contributed by atoms with E-state index in [-0.39, 0.29) is 11.8 Å². The highest BCUT2D eigenvalue weighted by Gasteiger charge is 2.30. The lowest BCUT2D eigenvalue weighted by Crippen LogP contribution is -2.25. The molecule has 2 heterocycles. The summed E-state index contributed by atoms with van der Waals surface area (Å²) in [5, 5.41) is 0.471. The first-order valence-electron chi connectivity index (χ1n) is 4.95. The lowest BCUT2D eigenvalue weighted by molar-refractivity contribution is -0.117. The molecule has 1 saturated heterocycles. The van der Waals surface area contributed by atoms with Gasteiger partial charge in [0.05, 0.1) is 10.7 Å². The van der Waals surface area contributed by atoms with Gasteiger partial charge in [-0.25, -0.2) is 4.98 Å². The normalized spacial score (nSPS) is 20.2. The van der Waals surface area contributed by atoms with Crippen molar-refractivity contribution in [2.45, 2.75) is 6.42 Å². The third kappa shape index (κ3) is 1.88. The lowest BCUT2D eigenvalue weighted by atomic mass is 10.1. The quantitative estimate of drug-likeness (QED) is 0.799. The molecule has 1 amide bonds. The fourth-order valence-electron chi connectivity index (χ4n) is 1.78. The number of anilines is 2. The number of hydrogen-bond acceptors (Lipinski definition) is 3. The highest BCUT2D eigenvalue weighted by Crippen LogP contribution is 2.30. The van der Waals surface area contributed by atoms with Gasteiger partial charge in [0.15, 0.2) is 0 Å². The Kier molecular flexibility index (Phi) is 2.83. The van der Waals surface area contributed by atoms with Crippen molar-refractivity contribution in [2.24, 2.45) is 5.92 Å². The summed E-state index contributed by atoms with van der Waals surface area (Å²) >= 11 is 5.84. The first-order valence-corrected chi connectivity index (χ1v) is 5.33. The van der Waals surface area contributed by atoms with Crippen LogP contribution >= 0.6 is 11.6 Å². The number of hydrogen-bond donors (Lipinski definition) is 1. The third-order valence-corrected chi connectivity index (χ3v) is 2.85. The summed E-state index contributed by atoms with van der Waals surface area (Å²) in [7, 11) is 0. The summed E-state index contributed by atoms with van der Waals surface area (Å²) in [6.45, 7) is 4.29. The van der Waals surface area contributed by atoms with Gasteiger partial charge in [-0.1, -0.05) is 17.7 Å². The van der Waals surface area contributed by atoms with Crippen LogP contribution < -0.4 is 10.6 Å². The molecule has 0 radical (unpaired) electrons. The molecule has 4 nitrogen and oxygen atoms in total. The molecule has 1 aromatic heterocycles. The van der Waals surface area contributed by atoms with Gasteiger partial charge in [-0.3, -0.25) is 4.79 Å². The van der Waals surface area contributed by atoms with Crippen molar-refractivity contribution in [3.05, 3.63) is 29.9 Å². The molecule has 5 heteroatoms. The molecule has 1 aromatic rings. The van der Waals surface area contributed by atoms with Crippen LogP contribution in [0.1, 0.15) is 6.42 Å². The number of halogens is 1. The number of nitrogens with zero attached hydrogens (tertiary/aromatic N) is 2. The molecule has 1 aliphatic rings. The average molecular weight is 238 g/mol. The minimum atomic E-state index is 0.0284. The topological polar surface area (TPSA) is 59.2 Å². The molecular formula is C11H12ClN3O. The number of carbonyl (C=O) groups excluding carboxylic acids is 1. The molecule has 84 valence electrons. The summed E-state index contributed by atoms with van der Waals surface area (Å²) in [5.41, 5.74) is 6.31. The van der Waals surface area contributed by atoms with Gasteiger partial charge in [0, 0.05) is 25.1 Å². The second kappa shape index (κ2) is 4.14. The van der Waals surface area contributed by atoms with Gasteiger partial charge in [-0.15, -0.1) is 6.58 Å². The van der Waals surface area contributed by atoms with Crippen LogP contribution in [0.2, 0.25) is 5.02 Å². The summed E-state index contributed by atoms with van der Waals surface area (Å²) in [5.74, 6) is 0.522. The van der Waals surface area contributed by atoms with Crippen molar-refractivity contribution in [1.82, 2.24) is 4.98 Å². The van der Waals surface area contributed by atoms with Crippen molar-refractivity contribution in [3.63, 3.8) is 0 Å². The van der Waals surface area contributed by atoms with E-state index in [2.05, 4.69) is 11.6 Å². The largest absolute Gasteiger partial charge is 0.382 e. The Morgan fingerprint density at radius 2 is 2.44 bits per heavy atom. The Labute approximate surface area is 98.7 Å². The van der Waals surface area contributed by atoms with Crippen LogP contribution in [-0.4, -0.2) is 17.4 Å². The average Bonchev–Trinajstić information content (AvgIpc) is 2.63. The van der Waals surface area contributed by atoms with Crippen LogP contribution in [0, 0.1) is 5.92 Å². The van der Waals surface area contributed by atoms with Crippen molar-refractivity contribution >= 4 is 29.0 Å². The first-order chi connectivity index (χ1) is 7.61. The standard InChI is InChI=1S/C11H12ClN3O/c1-2-7-3-10(16)15(6-7)9-4-8(12)5-14-11(9)13/h2,4-5,7H,1,3,6H2,(H2,13,14). The highest BCUT2D eigenvalue weighted by molar-refractivity contribution is 6.30. The van der Waals surface area contributed by atoms with Crippen molar-refractivity contribution < 1.29 is 4.79 Å². The number of nitrogens with two attached hydrogens (primary N) is 1. The van der Waals surface area contributed by atoms with Gasteiger partial charge in [0.1, 0.15) is 5.82 Å². The van der Waals surface area contributed by atoms with Crippen LogP contribution in [0.25, 0.3) is 0 Å². The Morgan fingerprint density at radius 1 is 1.69 bits per heavy atom. The summed E-state index contributed by atoms with van der Waals surface area (Å²) in [6, 6.07) is 1.66. The van der Waals surface area contributed by atoms with Gasteiger partial charge < -0.3 is 10.6 Å². The second-order valence-corrected chi connectivity index (χ2v) is 4.20. The van der Waals surface area contributed by atoms with Crippen LogP contribution in [0.3, 0.4) is 0 Å². The van der Waals surface area contributed by atoms with E-state index in [0.29, 0.717) is 29.5 Å². The predicted octanol–water partition coefficient (Wildman–Crippen LogP) is 1.86. The molecule has 2 rings (SSSR count). The van der Waals surface area contributed by atoms with Gasteiger partial charge in [0.25, 0.3) is 0 Å². The Morgan fingerprint density at radius 3 is 3.06 bits per heavy atom. The van der Waals surface area contributed by atoms with E-state index in [1.165, 1.54) is 6.20 Å². The van der Waals surface area contributed by atoms with Gasteiger partial charge in [0.2, 0.25) is 5.91 Å². The van der Waals surface area contributed by atoms with E-state index in [4.69, 9.17) is 17.3 Å². The SMILES string of the molecule is C=CC1CC(=O)N(c2cc(Cl)cnc2N)C1. The highest BCUT2D eigenvalue weighted by atomic mass is 35.5. The summed E-state index contributed by atoms with van der Waals surface area (Å²) in [4.78, 5) is 17.3. The maximum Gasteiger partial charge on any atom is 0.227 e. The molecule has 0 bridgehead atoms. The fourth-order valence-corrected chi connectivity index (χ4v) is 1.93. The molecule has 0 saturated carbocycles. The lowest BCUT2D eigenvalue weighted by Gasteiger charge is -2.17. The monoisotopic (exact) mass is 237 g/mol. The third-order valence-electron chi connectivity index (χ3n) is 2.64. The molecule has 0 spiro atoms. The number of amides is 1. The second-order valence-electron chi connectivity index (χ2n) is 3.76. The van der Waals surface area contributed by atoms with E-state index in [1.807, 2.05) is 0 Å². The van der Waals surface area contributed by atoms with Crippen LogP contribution in [0.15, 0.2) is 24.9 Å². The van der Waals surface area contributed by atoms with E-state index >= 15 is 0 Å². The molecule has 0 aromatic carbocycles. The fraction of sp³-hybridized carbons (Fsp3) is 0.273. The van der Waals surface area contributed by atoms with Crippen molar-refractivity contribution in [3.8, 4) is 0 Å². The van der Waals surface area contributed by atoms with Gasteiger partial charge >= 0.3 is 0 Å². The number of carbonyl (C=O) groups is 1. The van der Waals surface area contributed by atoms with E-state index in [0.717, 1.165) is 0 Å². The minimum Gasteiger partial charge on any atom is -0.382 e. The maximum atomic E-state index is 11.8.